The van der Waals surface area contributed by atoms with Crippen LogP contribution in [0.15, 0.2) is 48.5 Å². The van der Waals surface area contributed by atoms with Gasteiger partial charge in [0.1, 0.15) is 0 Å². The maximum absolute atomic E-state index is 12.5. The van der Waals surface area contributed by atoms with E-state index in [1.165, 1.54) is 0 Å². The monoisotopic (exact) mass is 326 g/mol. The van der Waals surface area contributed by atoms with Gasteiger partial charge in [-0.1, -0.05) is 48.5 Å². The van der Waals surface area contributed by atoms with Gasteiger partial charge in [0.15, 0.2) is 0 Å². The summed E-state index contributed by atoms with van der Waals surface area (Å²) >= 11 is 0. The molecule has 0 spiro atoms. The number of carbonyl (C=O) groups excluding carboxylic acids is 1. The van der Waals surface area contributed by atoms with Crippen LogP contribution in [-0.4, -0.2) is 36.1 Å². The van der Waals surface area contributed by atoms with Crippen molar-refractivity contribution in [1.82, 2.24) is 4.90 Å². The van der Waals surface area contributed by atoms with E-state index in [9.17, 15) is 9.90 Å². The summed E-state index contributed by atoms with van der Waals surface area (Å²) in [6.07, 6.45) is 0.594. The molecule has 0 saturated heterocycles. The Bertz CT molecular complexity index is 650. The Morgan fingerprint density at radius 1 is 1.08 bits per heavy atom. The molecule has 1 atom stereocenters. The third-order valence-corrected chi connectivity index (χ3v) is 4.26. The van der Waals surface area contributed by atoms with Crippen molar-refractivity contribution in [3.8, 4) is 0 Å². The number of carbonyl (C=O) groups is 1. The van der Waals surface area contributed by atoms with Crippen LogP contribution >= 0.6 is 0 Å². The van der Waals surface area contributed by atoms with E-state index in [2.05, 4.69) is 5.32 Å². The summed E-state index contributed by atoms with van der Waals surface area (Å²) in [6.45, 7) is 4.34. The third kappa shape index (κ3) is 4.66. The van der Waals surface area contributed by atoms with Crippen molar-refractivity contribution in [3.05, 3.63) is 65.2 Å². The lowest BCUT2D eigenvalue weighted by Crippen LogP contribution is -2.34. The summed E-state index contributed by atoms with van der Waals surface area (Å²) < 4.78 is 0. The number of anilines is 1. The van der Waals surface area contributed by atoms with E-state index in [-0.39, 0.29) is 25.1 Å². The predicted octanol–water partition coefficient (Wildman–Crippen LogP) is 3.30. The SMILES string of the molecule is Cc1cccc(C)c1NC(=O)CN(C)C(CCO)c1ccccc1. The highest BCUT2D eigenvalue weighted by Gasteiger charge is 2.19. The highest BCUT2D eigenvalue weighted by atomic mass is 16.3. The Kier molecular flexibility index (Phi) is 6.53. The molecule has 2 aromatic rings. The van der Waals surface area contributed by atoms with E-state index in [1.54, 1.807) is 0 Å². The Hall–Kier alpha value is -2.17. The number of aryl methyl sites for hydroxylation is 2. The van der Waals surface area contributed by atoms with Gasteiger partial charge in [-0.05, 0) is 44.0 Å². The molecule has 0 aromatic heterocycles. The lowest BCUT2D eigenvalue weighted by Gasteiger charge is -2.27. The number of rotatable bonds is 7. The highest BCUT2D eigenvalue weighted by molar-refractivity contribution is 5.93. The van der Waals surface area contributed by atoms with E-state index in [0.29, 0.717) is 6.42 Å². The summed E-state index contributed by atoms with van der Waals surface area (Å²) in [7, 11) is 1.91. The average Bonchev–Trinajstić information content (AvgIpc) is 2.57. The molecular weight excluding hydrogens is 300 g/mol. The lowest BCUT2D eigenvalue weighted by molar-refractivity contribution is -0.117. The zero-order valence-corrected chi connectivity index (χ0v) is 14.6. The largest absolute Gasteiger partial charge is 0.396 e. The van der Waals surface area contributed by atoms with Gasteiger partial charge in [0.25, 0.3) is 0 Å². The number of nitrogens with zero attached hydrogens (tertiary/aromatic N) is 1. The van der Waals surface area contributed by atoms with Crippen LogP contribution in [0.5, 0.6) is 0 Å². The first kappa shape index (κ1) is 18.2. The summed E-state index contributed by atoms with van der Waals surface area (Å²) in [6, 6.07) is 16.0. The first-order valence-electron chi connectivity index (χ1n) is 8.25. The molecule has 0 radical (unpaired) electrons. The van der Waals surface area contributed by atoms with E-state index >= 15 is 0 Å². The lowest BCUT2D eigenvalue weighted by atomic mass is 10.0. The second-order valence-corrected chi connectivity index (χ2v) is 6.17. The second-order valence-electron chi connectivity index (χ2n) is 6.17. The molecular formula is C20H26N2O2. The maximum Gasteiger partial charge on any atom is 0.238 e. The van der Waals surface area contributed by atoms with Crippen molar-refractivity contribution >= 4 is 11.6 Å². The zero-order chi connectivity index (χ0) is 17.5. The number of amides is 1. The second kappa shape index (κ2) is 8.62. The molecule has 0 aliphatic carbocycles. The Morgan fingerprint density at radius 3 is 2.29 bits per heavy atom. The molecule has 1 unspecified atom stereocenters. The average molecular weight is 326 g/mol. The topological polar surface area (TPSA) is 52.6 Å². The minimum atomic E-state index is -0.0474. The first-order valence-corrected chi connectivity index (χ1v) is 8.25. The van der Waals surface area contributed by atoms with Crippen LogP contribution < -0.4 is 5.32 Å². The van der Waals surface area contributed by atoms with Crippen molar-refractivity contribution in [2.75, 3.05) is 25.5 Å². The molecule has 128 valence electrons. The van der Waals surface area contributed by atoms with Gasteiger partial charge in [-0.25, -0.2) is 0 Å². The van der Waals surface area contributed by atoms with Gasteiger partial charge >= 0.3 is 0 Å². The molecule has 0 fully saturated rings. The number of nitrogens with one attached hydrogen (secondary N) is 1. The van der Waals surface area contributed by atoms with Crippen molar-refractivity contribution < 1.29 is 9.90 Å². The van der Waals surface area contributed by atoms with E-state index in [0.717, 1.165) is 22.4 Å². The normalized spacial score (nSPS) is 12.2. The van der Waals surface area contributed by atoms with Gasteiger partial charge < -0.3 is 10.4 Å². The van der Waals surface area contributed by atoms with Gasteiger partial charge in [-0.3, -0.25) is 9.69 Å². The van der Waals surface area contributed by atoms with Crippen LogP contribution in [0.2, 0.25) is 0 Å². The van der Waals surface area contributed by atoms with Crippen molar-refractivity contribution in [2.24, 2.45) is 0 Å². The fraction of sp³-hybridized carbons (Fsp3) is 0.350. The Morgan fingerprint density at radius 2 is 1.71 bits per heavy atom. The number of aliphatic hydroxyl groups excluding tert-OH is 1. The Labute approximate surface area is 144 Å². The quantitative estimate of drug-likeness (QED) is 0.821. The standard InChI is InChI=1S/C20H26N2O2/c1-15-8-7-9-16(2)20(15)21-19(24)14-22(3)18(12-13-23)17-10-5-4-6-11-17/h4-11,18,23H,12-14H2,1-3H3,(H,21,24). The van der Waals surface area contributed by atoms with Crippen molar-refractivity contribution in [3.63, 3.8) is 0 Å². The highest BCUT2D eigenvalue weighted by Crippen LogP contribution is 2.23. The fourth-order valence-electron chi connectivity index (χ4n) is 2.97. The summed E-state index contributed by atoms with van der Waals surface area (Å²) in [4.78, 5) is 14.4. The molecule has 4 heteroatoms. The van der Waals surface area contributed by atoms with Crippen LogP contribution in [0, 0.1) is 13.8 Å². The smallest absolute Gasteiger partial charge is 0.238 e. The van der Waals surface area contributed by atoms with E-state index < -0.39 is 0 Å². The zero-order valence-electron chi connectivity index (χ0n) is 14.6. The van der Waals surface area contributed by atoms with Crippen molar-refractivity contribution in [1.29, 1.82) is 0 Å². The Balaban J connectivity index is 2.06. The van der Waals surface area contributed by atoms with Crippen molar-refractivity contribution in [2.45, 2.75) is 26.3 Å². The van der Waals surface area contributed by atoms with E-state index in [1.807, 2.05) is 74.3 Å². The van der Waals surface area contributed by atoms with Crippen LogP contribution in [0.25, 0.3) is 0 Å². The van der Waals surface area contributed by atoms with Crippen LogP contribution in [0.3, 0.4) is 0 Å². The summed E-state index contributed by atoms with van der Waals surface area (Å²) in [5.41, 5.74) is 4.10. The van der Waals surface area contributed by atoms with Gasteiger partial charge in [-0.2, -0.15) is 0 Å². The van der Waals surface area contributed by atoms with E-state index in [4.69, 9.17) is 0 Å². The van der Waals surface area contributed by atoms with Gasteiger partial charge in [-0.15, -0.1) is 0 Å². The molecule has 2 N–H and O–H groups in total. The van der Waals surface area contributed by atoms with Gasteiger partial charge in [0.2, 0.25) is 5.91 Å². The summed E-state index contributed by atoms with van der Waals surface area (Å²) in [5.74, 6) is -0.0474. The van der Waals surface area contributed by atoms with Crippen LogP contribution in [0.4, 0.5) is 5.69 Å². The predicted molar refractivity (Wildman–Crippen MR) is 98.1 cm³/mol. The molecule has 1 amide bonds. The number of para-hydroxylation sites is 1. The molecule has 0 saturated carbocycles. The number of likely N-dealkylation sites (N-methyl/N-ethyl adjacent to an activating group) is 1. The number of benzene rings is 2. The molecule has 2 rings (SSSR count). The van der Waals surface area contributed by atoms with Gasteiger partial charge in [0, 0.05) is 18.3 Å². The number of hydrogen-bond donors (Lipinski definition) is 2. The maximum atomic E-state index is 12.5. The van der Waals surface area contributed by atoms with Crippen LogP contribution in [0.1, 0.15) is 29.2 Å². The molecule has 24 heavy (non-hydrogen) atoms. The van der Waals surface area contributed by atoms with Gasteiger partial charge in [0.05, 0.1) is 6.54 Å². The molecule has 4 nitrogen and oxygen atoms in total. The van der Waals surface area contributed by atoms with Crippen LogP contribution in [-0.2, 0) is 4.79 Å². The third-order valence-electron chi connectivity index (χ3n) is 4.26. The molecule has 0 heterocycles. The fourth-order valence-corrected chi connectivity index (χ4v) is 2.97. The first-order chi connectivity index (χ1) is 11.5. The minimum absolute atomic E-state index is 0.0138. The molecule has 2 aromatic carbocycles. The number of hydrogen-bond acceptors (Lipinski definition) is 3. The molecule has 0 bridgehead atoms. The number of aliphatic hydroxyl groups is 1. The summed E-state index contributed by atoms with van der Waals surface area (Å²) in [5, 5.41) is 12.4. The molecule has 0 aliphatic rings. The minimum Gasteiger partial charge on any atom is -0.396 e. The molecule has 0 aliphatic heterocycles.